The van der Waals surface area contributed by atoms with Crippen molar-refractivity contribution in [3.05, 3.63) is 72.3 Å². The third kappa shape index (κ3) is 4.46. The number of rotatable bonds is 2. The zero-order chi connectivity index (χ0) is 10.2. The van der Waals surface area contributed by atoms with Gasteiger partial charge in [-0.25, -0.2) is 0 Å². The SMILES string of the molecule is C=C(C)Cc1ccccccccc1. The van der Waals surface area contributed by atoms with Gasteiger partial charge in [-0.3, -0.25) is 0 Å². The summed E-state index contributed by atoms with van der Waals surface area (Å²) in [7, 11) is 0. The first-order chi connectivity index (χ1) is 6.79. The lowest BCUT2D eigenvalue weighted by atomic mass is 10.1. The molecule has 0 saturated heterocycles. The Morgan fingerprint density at radius 2 is 1.36 bits per heavy atom. The van der Waals surface area contributed by atoms with Crippen molar-refractivity contribution in [2.24, 2.45) is 0 Å². The summed E-state index contributed by atoms with van der Waals surface area (Å²) in [4.78, 5) is 0. The minimum absolute atomic E-state index is 0.943. The lowest BCUT2D eigenvalue weighted by Crippen LogP contribution is -1.81. The van der Waals surface area contributed by atoms with Crippen molar-refractivity contribution in [1.82, 2.24) is 0 Å². The fourth-order valence-electron chi connectivity index (χ4n) is 1.20. The summed E-state index contributed by atoms with van der Waals surface area (Å²) in [6.45, 7) is 5.96. The van der Waals surface area contributed by atoms with Gasteiger partial charge in [0, 0.05) is 0 Å². The summed E-state index contributed by atoms with van der Waals surface area (Å²) in [5.74, 6) is 0. The first kappa shape index (κ1) is 10.5. The molecule has 0 radical (unpaired) electrons. The monoisotopic (exact) mass is 184 g/mol. The van der Waals surface area contributed by atoms with Crippen LogP contribution in [-0.4, -0.2) is 0 Å². The fraction of sp³-hybridized carbons (Fsp3) is 0.143. The molecule has 0 heterocycles. The highest BCUT2D eigenvalue weighted by Crippen LogP contribution is 2.02. The normalized spacial score (nSPS) is 8.93. The van der Waals surface area contributed by atoms with Crippen LogP contribution in [0.4, 0.5) is 0 Å². The molecule has 14 heavy (non-hydrogen) atoms. The summed E-state index contributed by atoms with van der Waals surface area (Å²) in [5, 5.41) is 0. The summed E-state index contributed by atoms with van der Waals surface area (Å²) < 4.78 is 0. The minimum atomic E-state index is 0.943. The first-order valence-corrected chi connectivity index (χ1v) is 4.80. The van der Waals surface area contributed by atoms with Crippen LogP contribution in [0.5, 0.6) is 0 Å². The molecule has 0 aromatic heterocycles. The van der Waals surface area contributed by atoms with Crippen LogP contribution in [0.2, 0.25) is 0 Å². The molecular weight excluding hydrogens is 168 g/mol. The lowest BCUT2D eigenvalue weighted by molar-refractivity contribution is 1.16. The van der Waals surface area contributed by atoms with Crippen molar-refractivity contribution in [3.8, 4) is 0 Å². The average Bonchev–Trinajstić information content (AvgIpc) is 2.15. The van der Waals surface area contributed by atoms with Crippen molar-refractivity contribution in [2.75, 3.05) is 0 Å². The quantitative estimate of drug-likeness (QED) is 0.611. The maximum absolute atomic E-state index is 3.91. The molecule has 0 spiro atoms. The van der Waals surface area contributed by atoms with E-state index in [0.29, 0.717) is 0 Å². The predicted molar refractivity (Wildman–Crippen MR) is 62.6 cm³/mol. The highest BCUT2D eigenvalue weighted by Gasteiger charge is 1.87. The molecule has 1 aromatic rings. The van der Waals surface area contributed by atoms with Crippen LogP contribution in [0.15, 0.2) is 66.7 Å². The molecule has 0 N–H and O–H groups in total. The second-order valence-electron chi connectivity index (χ2n) is 3.39. The summed E-state index contributed by atoms with van der Waals surface area (Å²) in [6, 6.07) is 18.5. The van der Waals surface area contributed by atoms with Gasteiger partial charge in [0.05, 0.1) is 0 Å². The predicted octanol–water partition coefficient (Wildman–Crippen LogP) is 3.93. The van der Waals surface area contributed by atoms with Gasteiger partial charge in [0.2, 0.25) is 0 Å². The number of hydrogen-bond donors (Lipinski definition) is 0. The van der Waals surface area contributed by atoms with Crippen LogP contribution in [0, 0.1) is 0 Å². The molecule has 0 aliphatic carbocycles. The van der Waals surface area contributed by atoms with E-state index in [1.165, 1.54) is 11.1 Å². The van der Waals surface area contributed by atoms with Crippen molar-refractivity contribution in [2.45, 2.75) is 13.3 Å². The van der Waals surface area contributed by atoms with Crippen LogP contribution < -0.4 is 0 Å². The van der Waals surface area contributed by atoms with Gasteiger partial charge in [0.1, 0.15) is 0 Å². The second kappa shape index (κ2) is 5.98. The molecule has 72 valence electrons. The maximum atomic E-state index is 3.91. The smallest absolute Gasteiger partial charge is 0.00726 e. The summed E-state index contributed by atoms with van der Waals surface area (Å²) in [6.07, 6.45) is 0.943. The molecule has 0 saturated carbocycles. The summed E-state index contributed by atoms with van der Waals surface area (Å²) in [5.41, 5.74) is 2.47. The molecule has 0 bridgehead atoms. The second-order valence-corrected chi connectivity index (χ2v) is 3.39. The van der Waals surface area contributed by atoms with Gasteiger partial charge in [-0.15, -0.1) is 0 Å². The standard InChI is InChI=1S/C14H16/c1-13(2)12-14-10-8-6-4-3-5-7-9-11-14/h3-11H,1,12H2,2H3. The van der Waals surface area contributed by atoms with Crippen LogP contribution in [0.25, 0.3) is 0 Å². The van der Waals surface area contributed by atoms with Gasteiger partial charge in [0.25, 0.3) is 0 Å². The highest BCUT2D eigenvalue weighted by molar-refractivity contribution is 5.17. The van der Waals surface area contributed by atoms with Gasteiger partial charge < -0.3 is 0 Å². The van der Waals surface area contributed by atoms with E-state index in [2.05, 4.69) is 30.8 Å². The van der Waals surface area contributed by atoms with E-state index in [4.69, 9.17) is 0 Å². The molecule has 1 aromatic carbocycles. The van der Waals surface area contributed by atoms with Crippen LogP contribution in [0.1, 0.15) is 12.5 Å². The van der Waals surface area contributed by atoms with E-state index in [0.717, 1.165) is 6.42 Å². The molecule has 0 aliphatic heterocycles. The Balaban J connectivity index is 3.01. The highest BCUT2D eigenvalue weighted by atomic mass is 13.9. The van der Waals surface area contributed by atoms with Crippen LogP contribution in [0.3, 0.4) is 0 Å². The Labute approximate surface area is 86.2 Å². The molecule has 0 unspecified atom stereocenters. The Morgan fingerprint density at radius 3 is 1.79 bits per heavy atom. The topological polar surface area (TPSA) is 0 Å². The maximum Gasteiger partial charge on any atom is -0.00726 e. The largest absolute Gasteiger partial charge is 0.0998 e. The van der Waals surface area contributed by atoms with E-state index >= 15 is 0 Å². The van der Waals surface area contributed by atoms with Gasteiger partial charge >= 0.3 is 0 Å². The Bertz CT molecular complexity index is 324. The molecule has 0 fully saturated rings. The van der Waals surface area contributed by atoms with Gasteiger partial charge in [-0.1, -0.05) is 66.7 Å². The van der Waals surface area contributed by atoms with Crippen molar-refractivity contribution in [1.29, 1.82) is 0 Å². The van der Waals surface area contributed by atoms with Crippen LogP contribution in [-0.2, 0) is 6.42 Å². The van der Waals surface area contributed by atoms with E-state index < -0.39 is 0 Å². The van der Waals surface area contributed by atoms with Crippen LogP contribution >= 0.6 is 0 Å². The van der Waals surface area contributed by atoms with E-state index in [1.807, 2.05) is 37.3 Å². The van der Waals surface area contributed by atoms with Crippen molar-refractivity contribution < 1.29 is 0 Å². The molecule has 1 rings (SSSR count). The zero-order valence-corrected chi connectivity index (χ0v) is 8.61. The fourth-order valence-corrected chi connectivity index (χ4v) is 1.20. The molecule has 0 atom stereocenters. The Hall–Kier alpha value is -1.56. The number of allylic oxidation sites excluding steroid dienone is 1. The lowest BCUT2D eigenvalue weighted by Gasteiger charge is -1.95. The molecule has 0 amide bonds. The van der Waals surface area contributed by atoms with Gasteiger partial charge in [0.15, 0.2) is 0 Å². The minimum Gasteiger partial charge on any atom is -0.0998 e. The van der Waals surface area contributed by atoms with E-state index in [9.17, 15) is 0 Å². The molecule has 0 aliphatic rings. The zero-order valence-electron chi connectivity index (χ0n) is 8.61. The Morgan fingerprint density at radius 1 is 0.929 bits per heavy atom. The summed E-state index contributed by atoms with van der Waals surface area (Å²) >= 11 is 0. The Kier molecular flexibility index (Phi) is 4.49. The van der Waals surface area contributed by atoms with E-state index in [1.54, 1.807) is 0 Å². The van der Waals surface area contributed by atoms with Crippen molar-refractivity contribution in [3.63, 3.8) is 0 Å². The van der Waals surface area contributed by atoms with Gasteiger partial charge in [-0.05, 0) is 18.9 Å². The average molecular weight is 184 g/mol. The first-order valence-electron chi connectivity index (χ1n) is 4.80. The van der Waals surface area contributed by atoms with Crippen molar-refractivity contribution >= 4 is 0 Å². The molecule has 0 heteroatoms. The third-order valence-corrected chi connectivity index (χ3v) is 1.79. The molecule has 0 nitrogen and oxygen atoms in total. The van der Waals surface area contributed by atoms with Gasteiger partial charge in [-0.2, -0.15) is 0 Å². The number of hydrogen-bond acceptors (Lipinski definition) is 0. The third-order valence-electron chi connectivity index (χ3n) is 1.79. The molecular formula is C14H16. The van der Waals surface area contributed by atoms with E-state index in [-0.39, 0.29) is 0 Å².